The summed E-state index contributed by atoms with van der Waals surface area (Å²) in [6.45, 7) is 0. The Morgan fingerprint density at radius 3 is 2.45 bits per heavy atom. The van der Waals surface area contributed by atoms with Gasteiger partial charge in [0.1, 0.15) is 4.49 Å². The van der Waals surface area contributed by atoms with Gasteiger partial charge in [-0.3, -0.25) is 20.3 Å². The summed E-state index contributed by atoms with van der Waals surface area (Å²) in [7, 11) is 0. The van der Waals surface area contributed by atoms with E-state index in [0.29, 0.717) is 5.69 Å². The molecule has 1 aliphatic rings. The molecule has 0 bridgehead atoms. The van der Waals surface area contributed by atoms with Crippen molar-refractivity contribution in [2.45, 2.75) is 0 Å². The molecule has 1 aromatic carbocycles. The maximum atomic E-state index is 12.0. The minimum Gasteiger partial charge on any atom is -0.291 e. The van der Waals surface area contributed by atoms with E-state index in [1.165, 1.54) is 0 Å². The van der Waals surface area contributed by atoms with Gasteiger partial charge in [0.15, 0.2) is 10.1 Å². The van der Waals surface area contributed by atoms with Gasteiger partial charge in [-0.1, -0.05) is 64.8 Å². The van der Waals surface area contributed by atoms with Crippen molar-refractivity contribution >= 4 is 58.2 Å². The first-order valence-electron chi connectivity index (χ1n) is 5.79. The largest absolute Gasteiger partial charge is 0.322 e. The van der Waals surface area contributed by atoms with Crippen molar-refractivity contribution in [2.75, 3.05) is 11.2 Å². The van der Waals surface area contributed by atoms with Gasteiger partial charge in [-0.15, -0.1) is 0 Å². The molecule has 1 aromatic rings. The third kappa shape index (κ3) is 3.67. The summed E-state index contributed by atoms with van der Waals surface area (Å²) in [5.74, 6) is -0.310. The van der Waals surface area contributed by atoms with Gasteiger partial charge >= 0.3 is 5.70 Å². The van der Waals surface area contributed by atoms with E-state index in [4.69, 9.17) is 34.8 Å². The molecule has 0 unspecified atom stereocenters. The van der Waals surface area contributed by atoms with Gasteiger partial charge in [0.2, 0.25) is 0 Å². The van der Waals surface area contributed by atoms with Crippen LogP contribution < -0.4 is 5.43 Å². The van der Waals surface area contributed by atoms with Crippen LogP contribution in [-0.4, -0.2) is 21.6 Å². The average Bonchev–Trinajstić information content (AvgIpc) is 2.81. The predicted octanol–water partition coefficient (Wildman–Crippen LogP) is 3.92. The number of anilines is 1. The smallest absolute Gasteiger partial charge is 0.291 e. The number of hydrogen-bond acceptors (Lipinski definition) is 5. The van der Waals surface area contributed by atoms with Gasteiger partial charge in [-0.2, -0.15) is 0 Å². The highest BCUT2D eigenvalue weighted by molar-refractivity contribution is 8.04. The first-order valence-corrected chi connectivity index (χ1v) is 7.91. The van der Waals surface area contributed by atoms with Gasteiger partial charge in [0.05, 0.1) is 16.4 Å². The molecule has 0 atom stereocenters. The average molecular weight is 381 g/mol. The Labute approximate surface area is 144 Å². The van der Waals surface area contributed by atoms with Crippen molar-refractivity contribution in [2.24, 2.45) is 0 Å². The van der Waals surface area contributed by atoms with E-state index in [1.807, 2.05) is 0 Å². The highest BCUT2D eigenvalue weighted by atomic mass is 35.5. The van der Waals surface area contributed by atoms with Crippen LogP contribution in [0.4, 0.5) is 5.69 Å². The molecule has 0 aliphatic carbocycles. The number of nitro groups is 1. The molecule has 116 valence electrons. The Bertz CT molecular complexity index is 675. The summed E-state index contributed by atoms with van der Waals surface area (Å²) >= 11 is 17.8. The zero-order valence-corrected chi connectivity index (χ0v) is 13.8. The van der Waals surface area contributed by atoms with E-state index >= 15 is 0 Å². The summed E-state index contributed by atoms with van der Waals surface area (Å²) in [5, 5.41) is 11.9. The maximum Gasteiger partial charge on any atom is 0.322 e. The van der Waals surface area contributed by atoms with E-state index in [2.05, 4.69) is 5.43 Å². The summed E-state index contributed by atoms with van der Waals surface area (Å²) in [5.41, 5.74) is 2.87. The van der Waals surface area contributed by atoms with Crippen LogP contribution in [-0.2, 0) is 4.79 Å². The highest BCUT2D eigenvalue weighted by Gasteiger charge is 2.37. The van der Waals surface area contributed by atoms with E-state index in [9.17, 15) is 14.9 Å². The molecule has 1 saturated heterocycles. The summed E-state index contributed by atoms with van der Waals surface area (Å²) in [4.78, 5) is 22.5. The monoisotopic (exact) mass is 379 g/mol. The van der Waals surface area contributed by atoms with Crippen molar-refractivity contribution in [3.63, 3.8) is 0 Å². The number of nitrogens with zero attached hydrogens (tertiary/aromatic N) is 2. The van der Waals surface area contributed by atoms with E-state index < -0.39 is 20.1 Å². The molecule has 1 fully saturated rings. The lowest BCUT2D eigenvalue weighted by atomic mass is 10.3. The Kier molecular flexibility index (Phi) is 5.57. The molecule has 1 heterocycles. The second-order valence-electron chi connectivity index (χ2n) is 3.98. The number of para-hydroxylation sites is 1. The first kappa shape index (κ1) is 17.0. The number of halogens is 3. The Morgan fingerprint density at radius 1 is 1.27 bits per heavy atom. The number of amides is 1. The van der Waals surface area contributed by atoms with Crippen molar-refractivity contribution in [3.8, 4) is 0 Å². The Hall–Kier alpha value is -1.41. The molecular weight excluding hydrogens is 373 g/mol. The molecule has 1 aliphatic heterocycles. The fourth-order valence-electron chi connectivity index (χ4n) is 1.64. The third-order valence-electron chi connectivity index (χ3n) is 2.56. The molecule has 0 spiro atoms. The van der Waals surface area contributed by atoms with Crippen LogP contribution in [0, 0.1) is 10.1 Å². The molecule has 0 radical (unpaired) electrons. The van der Waals surface area contributed by atoms with E-state index in [1.54, 1.807) is 30.3 Å². The first-order chi connectivity index (χ1) is 10.4. The lowest BCUT2D eigenvalue weighted by Gasteiger charge is -2.19. The molecule has 0 aromatic heterocycles. The van der Waals surface area contributed by atoms with Crippen LogP contribution in [0.5, 0.6) is 0 Å². The lowest BCUT2D eigenvalue weighted by Crippen LogP contribution is -2.32. The van der Waals surface area contributed by atoms with E-state index in [0.717, 1.165) is 16.8 Å². The minimum absolute atomic E-state index is 0.0302. The number of allylic oxidation sites excluding steroid dienone is 1. The molecule has 2 rings (SSSR count). The van der Waals surface area contributed by atoms with Crippen LogP contribution in [0.3, 0.4) is 0 Å². The molecule has 0 saturated carbocycles. The van der Waals surface area contributed by atoms with Crippen LogP contribution in [0.1, 0.15) is 0 Å². The number of carbonyl (C=O) groups is 1. The Morgan fingerprint density at radius 2 is 1.91 bits per heavy atom. The van der Waals surface area contributed by atoms with Crippen molar-refractivity contribution in [1.82, 2.24) is 5.01 Å². The molecule has 1 N–H and O–H groups in total. The van der Waals surface area contributed by atoms with Gasteiger partial charge in [-0.25, -0.2) is 5.01 Å². The van der Waals surface area contributed by atoms with Gasteiger partial charge in [0, 0.05) is 0 Å². The summed E-state index contributed by atoms with van der Waals surface area (Å²) < 4.78 is -0.444. The molecule has 22 heavy (non-hydrogen) atoms. The SMILES string of the molecule is O=C1CSC(=C(C(Cl)=C(Cl)Cl)[N+](=O)[O-])N1Nc1ccccc1. The Balaban J connectivity index is 2.46. The second-order valence-corrected chi connectivity index (χ2v) is 6.27. The molecule has 1 amide bonds. The van der Waals surface area contributed by atoms with Crippen molar-refractivity contribution in [1.29, 1.82) is 0 Å². The lowest BCUT2D eigenvalue weighted by molar-refractivity contribution is -0.421. The fraction of sp³-hybridized carbons (Fsp3) is 0.0833. The predicted molar refractivity (Wildman–Crippen MR) is 88.0 cm³/mol. The number of thioether (sulfide) groups is 1. The summed E-state index contributed by atoms with van der Waals surface area (Å²) in [6, 6.07) is 8.75. The van der Waals surface area contributed by atoms with Gasteiger partial charge in [0.25, 0.3) is 5.91 Å². The van der Waals surface area contributed by atoms with Crippen LogP contribution in [0.15, 0.2) is 50.6 Å². The molecule has 10 heteroatoms. The number of hydrogen-bond donors (Lipinski definition) is 1. The number of benzene rings is 1. The number of hydrazine groups is 1. The van der Waals surface area contributed by atoms with Crippen molar-refractivity contribution in [3.05, 3.63) is 60.7 Å². The third-order valence-corrected chi connectivity index (χ3v) is 4.54. The van der Waals surface area contributed by atoms with Crippen molar-refractivity contribution < 1.29 is 9.72 Å². The quantitative estimate of drug-likeness (QED) is 0.633. The van der Waals surface area contributed by atoms with E-state index in [-0.39, 0.29) is 16.7 Å². The number of carbonyl (C=O) groups excluding carboxylic acids is 1. The van der Waals surface area contributed by atoms with Crippen LogP contribution in [0.25, 0.3) is 0 Å². The van der Waals surface area contributed by atoms with Gasteiger partial charge in [-0.05, 0) is 12.1 Å². The molecule has 6 nitrogen and oxygen atoms in total. The van der Waals surface area contributed by atoms with Crippen LogP contribution in [0.2, 0.25) is 0 Å². The minimum atomic E-state index is -0.728. The van der Waals surface area contributed by atoms with Gasteiger partial charge < -0.3 is 0 Å². The fourth-order valence-corrected chi connectivity index (χ4v) is 3.02. The standard InChI is InChI=1S/C12H8Cl3N3O3S/c13-9(11(14)15)10(18(20)21)12-17(8(19)6-22-12)16-7-4-2-1-3-5-7/h1-5,16H,6H2. The number of nitrogens with one attached hydrogen (secondary N) is 1. The molecular formula is C12H8Cl3N3O3S. The van der Waals surface area contributed by atoms with Crippen LogP contribution >= 0.6 is 46.6 Å². The zero-order chi connectivity index (χ0) is 16.3. The summed E-state index contributed by atoms with van der Waals surface area (Å²) in [6.07, 6.45) is 0. The highest BCUT2D eigenvalue weighted by Crippen LogP contribution is 2.37. The maximum absolute atomic E-state index is 12.0. The number of rotatable bonds is 4. The normalized spacial score (nSPS) is 16.5. The second kappa shape index (κ2) is 7.23. The zero-order valence-electron chi connectivity index (χ0n) is 10.8. The topological polar surface area (TPSA) is 75.5 Å².